The number of carbonyl (C=O) groups is 1. The van der Waals surface area contributed by atoms with Crippen molar-refractivity contribution in [3.63, 3.8) is 0 Å². The Morgan fingerprint density at radius 3 is 2.82 bits per heavy atom. The monoisotopic (exact) mass is 497 g/mol. The number of alkyl halides is 1. The van der Waals surface area contributed by atoms with E-state index in [0.29, 0.717) is 11.1 Å². The lowest BCUT2D eigenvalue weighted by atomic mass is 10.1. The number of nitrogens with one attached hydrogen (secondary N) is 1. The molecule has 1 aliphatic heterocycles. The van der Waals surface area contributed by atoms with Gasteiger partial charge in [0.1, 0.15) is 12.3 Å². The lowest BCUT2D eigenvalue weighted by molar-refractivity contribution is -0.0865. The van der Waals surface area contributed by atoms with Crippen molar-refractivity contribution in [3.05, 3.63) is 78.9 Å². The standard InChI is InChI=1S/C17H16IN5O5/c1-10-8-23(16(26)20-14(10)24)13-7-12(17(9-18,28-13)21-22-19)27-15(25)11-5-3-2-4-6-11/h2-6,8,12-13H,7,9H2,1H3,(H,20,24,26)/t12?,13-,17-/m1/s1. The highest BCUT2D eigenvalue weighted by Gasteiger charge is 2.51. The number of halogens is 1. The van der Waals surface area contributed by atoms with Gasteiger partial charge in [0.15, 0.2) is 5.72 Å². The molecule has 2 aromatic rings. The van der Waals surface area contributed by atoms with Crippen LogP contribution in [0.4, 0.5) is 0 Å². The van der Waals surface area contributed by atoms with Gasteiger partial charge in [-0.1, -0.05) is 45.9 Å². The summed E-state index contributed by atoms with van der Waals surface area (Å²) < 4.78 is 12.9. The number of benzene rings is 1. The molecule has 0 radical (unpaired) electrons. The van der Waals surface area contributed by atoms with Crippen molar-refractivity contribution in [2.75, 3.05) is 4.43 Å². The molecule has 1 saturated heterocycles. The number of aromatic amines is 1. The Morgan fingerprint density at radius 2 is 2.18 bits per heavy atom. The second kappa shape index (κ2) is 8.17. The second-order valence-corrected chi connectivity index (χ2v) is 6.98. The zero-order valence-electron chi connectivity index (χ0n) is 14.7. The molecule has 3 atom stereocenters. The number of ether oxygens (including phenoxy) is 2. The van der Waals surface area contributed by atoms with Crippen LogP contribution in [-0.4, -0.2) is 31.8 Å². The average molecular weight is 497 g/mol. The Morgan fingerprint density at radius 1 is 1.46 bits per heavy atom. The minimum atomic E-state index is -1.48. The van der Waals surface area contributed by atoms with Crippen molar-refractivity contribution < 1.29 is 14.3 Å². The molecule has 0 aliphatic carbocycles. The summed E-state index contributed by atoms with van der Waals surface area (Å²) >= 11 is 1.97. The van der Waals surface area contributed by atoms with Crippen LogP contribution in [0.15, 0.2) is 51.2 Å². The molecular formula is C17H16IN5O5. The lowest BCUT2D eigenvalue weighted by Gasteiger charge is -2.27. The summed E-state index contributed by atoms with van der Waals surface area (Å²) in [5, 5.41) is 3.73. The molecule has 1 N–H and O–H groups in total. The molecule has 1 aliphatic rings. The minimum Gasteiger partial charge on any atom is -0.455 e. The number of esters is 1. The highest BCUT2D eigenvalue weighted by Crippen LogP contribution is 2.41. The van der Waals surface area contributed by atoms with E-state index < -0.39 is 35.3 Å². The number of aryl methyl sites for hydroxylation is 1. The smallest absolute Gasteiger partial charge is 0.338 e. The third kappa shape index (κ3) is 3.81. The topological polar surface area (TPSA) is 139 Å². The number of nitrogens with zero attached hydrogens (tertiary/aromatic N) is 4. The lowest BCUT2D eigenvalue weighted by Crippen LogP contribution is -2.41. The van der Waals surface area contributed by atoms with E-state index in [4.69, 9.17) is 15.0 Å². The number of hydrogen-bond acceptors (Lipinski definition) is 6. The average Bonchev–Trinajstić information content (AvgIpc) is 3.04. The van der Waals surface area contributed by atoms with E-state index in [-0.39, 0.29) is 10.8 Å². The fraction of sp³-hybridized carbons (Fsp3) is 0.353. The first kappa shape index (κ1) is 20.1. The summed E-state index contributed by atoms with van der Waals surface area (Å²) in [4.78, 5) is 41.3. The number of carbonyl (C=O) groups excluding carboxylic acids is 1. The predicted octanol–water partition coefficient (Wildman–Crippen LogP) is 2.43. The molecule has 1 unspecified atom stereocenters. The van der Waals surface area contributed by atoms with Crippen LogP contribution in [0.3, 0.4) is 0 Å². The van der Waals surface area contributed by atoms with E-state index in [1.54, 1.807) is 37.3 Å². The van der Waals surface area contributed by atoms with Crippen molar-refractivity contribution in [1.29, 1.82) is 0 Å². The summed E-state index contributed by atoms with van der Waals surface area (Å²) in [6.07, 6.45) is -0.359. The van der Waals surface area contributed by atoms with Gasteiger partial charge in [0.25, 0.3) is 5.56 Å². The Labute approximate surface area is 172 Å². The first-order chi connectivity index (χ1) is 13.4. The van der Waals surface area contributed by atoms with Crippen LogP contribution in [0.1, 0.15) is 28.6 Å². The molecule has 1 aromatic carbocycles. The second-order valence-electron chi connectivity index (χ2n) is 6.21. The van der Waals surface area contributed by atoms with Gasteiger partial charge < -0.3 is 9.47 Å². The number of H-pyrrole nitrogens is 1. The summed E-state index contributed by atoms with van der Waals surface area (Å²) in [5.74, 6) is -0.595. The summed E-state index contributed by atoms with van der Waals surface area (Å²) in [6.45, 7) is 1.55. The Hall–Kier alpha value is -2.63. The van der Waals surface area contributed by atoms with Crippen molar-refractivity contribution >= 4 is 28.6 Å². The van der Waals surface area contributed by atoms with Crippen molar-refractivity contribution in [1.82, 2.24) is 9.55 Å². The van der Waals surface area contributed by atoms with E-state index in [9.17, 15) is 14.4 Å². The molecule has 28 heavy (non-hydrogen) atoms. The summed E-state index contributed by atoms with van der Waals surface area (Å²) in [6, 6.07) is 8.37. The largest absolute Gasteiger partial charge is 0.455 e. The quantitative estimate of drug-likeness (QED) is 0.169. The SMILES string of the molecule is Cc1cn([C@H]2CC(OC(=O)c3ccccc3)[C@](CI)(N=[N+]=[N-])O2)c(=O)[nH]c1=O. The predicted molar refractivity (Wildman–Crippen MR) is 107 cm³/mol. The van der Waals surface area contributed by atoms with Crippen LogP contribution in [0.5, 0.6) is 0 Å². The minimum absolute atomic E-state index is 0.0754. The van der Waals surface area contributed by atoms with E-state index >= 15 is 0 Å². The maximum atomic E-state index is 12.5. The molecule has 146 valence electrons. The van der Waals surface area contributed by atoms with Crippen LogP contribution in [0, 0.1) is 6.92 Å². The molecule has 0 bridgehead atoms. The van der Waals surface area contributed by atoms with Gasteiger partial charge in [-0.15, -0.1) is 0 Å². The molecule has 10 nitrogen and oxygen atoms in total. The molecule has 0 saturated carbocycles. The summed E-state index contributed by atoms with van der Waals surface area (Å²) in [5.41, 5.74) is 7.01. The highest BCUT2D eigenvalue weighted by atomic mass is 127. The fourth-order valence-electron chi connectivity index (χ4n) is 2.92. The van der Waals surface area contributed by atoms with Gasteiger partial charge >= 0.3 is 11.7 Å². The molecule has 0 amide bonds. The van der Waals surface area contributed by atoms with Crippen LogP contribution >= 0.6 is 22.6 Å². The molecule has 2 heterocycles. The molecule has 1 fully saturated rings. The fourth-order valence-corrected chi connectivity index (χ4v) is 3.74. The van der Waals surface area contributed by atoms with E-state index in [1.165, 1.54) is 10.8 Å². The normalized spacial score (nSPS) is 23.8. The molecule has 0 spiro atoms. The third-order valence-electron chi connectivity index (χ3n) is 4.38. The van der Waals surface area contributed by atoms with E-state index in [2.05, 4.69) is 15.0 Å². The van der Waals surface area contributed by atoms with Gasteiger partial charge in [-0.2, -0.15) is 0 Å². The van der Waals surface area contributed by atoms with E-state index in [0.717, 1.165) is 0 Å². The molecule has 1 aromatic heterocycles. The third-order valence-corrected chi connectivity index (χ3v) is 5.47. The van der Waals surface area contributed by atoms with Gasteiger partial charge in [0.05, 0.1) is 5.56 Å². The van der Waals surface area contributed by atoms with Crippen LogP contribution in [0.25, 0.3) is 10.4 Å². The van der Waals surface area contributed by atoms with Gasteiger partial charge in [0, 0.05) is 27.5 Å². The number of hydrogen-bond donors (Lipinski definition) is 1. The zero-order chi connectivity index (χ0) is 20.3. The first-order valence-corrected chi connectivity index (χ1v) is 9.81. The molecule has 11 heteroatoms. The van der Waals surface area contributed by atoms with Crippen LogP contribution in [-0.2, 0) is 9.47 Å². The first-order valence-electron chi connectivity index (χ1n) is 8.28. The van der Waals surface area contributed by atoms with Crippen molar-refractivity contribution in [2.45, 2.75) is 31.4 Å². The Bertz CT molecular complexity index is 1050. The van der Waals surface area contributed by atoms with Gasteiger partial charge in [0.2, 0.25) is 0 Å². The van der Waals surface area contributed by atoms with Gasteiger partial charge in [-0.25, -0.2) is 9.59 Å². The van der Waals surface area contributed by atoms with Crippen LogP contribution < -0.4 is 11.2 Å². The zero-order valence-corrected chi connectivity index (χ0v) is 16.9. The highest BCUT2D eigenvalue weighted by molar-refractivity contribution is 14.1. The number of azide groups is 1. The molecule has 3 rings (SSSR count). The Balaban J connectivity index is 1.95. The van der Waals surface area contributed by atoms with Crippen molar-refractivity contribution in [2.24, 2.45) is 5.11 Å². The maximum Gasteiger partial charge on any atom is 0.338 e. The van der Waals surface area contributed by atoms with Gasteiger partial charge in [-0.05, 0) is 24.6 Å². The maximum absolute atomic E-state index is 12.5. The Kier molecular flexibility index (Phi) is 5.87. The number of aromatic nitrogens is 2. The van der Waals surface area contributed by atoms with Crippen LogP contribution in [0.2, 0.25) is 0 Å². The summed E-state index contributed by atoms with van der Waals surface area (Å²) in [7, 11) is 0. The van der Waals surface area contributed by atoms with Crippen molar-refractivity contribution in [3.8, 4) is 0 Å². The number of rotatable bonds is 5. The van der Waals surface area contributed by atoms with Gasteiger partial charge in [-0.3, -0.25) is 14.3 Å². The van der Waals surface area contributed by atoms with E-state index in [1.807, 2.05) is 22.6 Å². The molecular weight excluding hydrogens is 481 g/mol.